The smallest absolute Gasteiger partial charge is 0.249 e. The maximum atomic E-state index is 9.72. The molecule has 20 heavy (non-hydrogen) atoms. The lowest BCUT2D eigenvalue weighted by atomic mass is 9.98. The van der Waals surface area contributed by atoms with Gasteiger partial charge in [0.1, 0.15) is 5.75 Å². The molecule has 1 aromatic carbocycles. The van der Waals surface area contributed by atoms with Gasteiger partial charge >= 0.3 is 0 Å². The monoisotopic (exact) mass is 278 g/mol. The predicted molar refractivity (Wildman–Crippen MR) is 68.5 cm³/mol. The number of aliphatic hydroxyl groups is 4. The summed E-state index contributed by atoms with van der Waals surface area (Å²) in [4.78, 5) is 4.13. The van der Waals surface area contributed by atoms with Gasteiger partial charge in [-0.25, -0.2) is 0 Å². The lowest BCUT2D eigenvalue weighted by Crippen LogP contribution is -2.34. The van der Waals surface area contributed by atoms with Gasteiger partial charge in [-0.15, -0.1) is 0 Å². The second kappa shape index (κ2) is 3.66. The number of nitrogens with two attached hydrogens (primary N) is 1. The summed E-state index contributed by atoms with van der Waals surface area (Å²) in [5.41, 5.74) is 4.31. The molecule has 6 N–H and O–H groups in total. The molecule has 106 valence electrons. The van der Waals surface area contributed by atoms with Crippen LogP contribution in [0, 0.1) is 0 Å². The maximum absolute atomic E-state index is 9.72. The Bertz CT molecular complexity index is 684. The van der Waals surface area contributed by atoms with Crippen molar-refractivity contribution in [2.45, 2.75) is 17.1 Å². The van der Waals surface area contributed by atoms with Crippen LogP contribution in [0.1, 0.15) is 5.56 Å². The Morgan fingerprint density at radius 1 is 1.15 bits per heavy atom. The third kappa shape index (κ3) is 1.28. The van der Waals surface area contributed by atoms with E-state index in [1.54, 1.807) is 24.4 Å². The Balaban J connectivity index is 2.33. The second-order valence-electron chi connectivity index (χ2n) is 4.90. The lowest BCUT2D eigenvalue weighted by molar-refractivity contribution is -0.207. The molecule has 1 aliphatic carbocycles. The Kier molecular flexibility index (Phi) is 2.42. The summed E-state index contributed by atoms with van der Waals surface area (Å²) >= 11 is 0. The summed E-state index contributed by atoms with van der Waals surface area (Å²) in [5.74, 6) is -5.33. The van der Waals surface area contributed by atoms with E-state index in [0.29, 0.717) is 16.7 Å². The molecule has 0 saturated heterocycles. The highest BCUT2D eigenvalue weighted by atomic mass is 16.6. The van der Waals surface area contributed by atoms with E-state index in [-0.39, 0.29) is 5.56 Å². The minimum Gasteiger partial charge on any atom is -0.497 e. The zero-order chi connectivity index (χ0) is 14.8. The van der Waals surface area contributed by atoms with Crippen LogP contribution in [-0.4, -0.2) is 44.1 Å². The van der Waals surface area contributed by atoms with Crippen molar-refractivity contribution in [3.63, 3.8) is 0 Å². The van der Waals surface area contributed by atoms with E-state index in [1.165, 1.54) is 13.2 Å². The fraction of sp³-hybridized carbons (Fsp3) is 0.308. The average Bonchev–Trinajstić information content (AvgIpc) is 2.75. The lowest BCUT2D eigenvalue weighted by Gasteiger charge is -2.16. The minimum atomic E-state index is -2.85. The Hall–Kier alpha value is -1.77. The predicted octanol–water partition coefficient (Wildman–Crippen LogP) is -1.23. The van der Waals surface area contributed by atoms with Gasteiger partial charge in [-0.1, -0.05) is 6.07 Å². The van der Waals surface area contributed by atoms with Crippen LogP contribution in [0.5, 0.6) is 5.75 Å². The molecular weight excluding hydrogens is 264 g/mol. The van der Waals surface area contributed by atoms with Gasteiger partial charge < -0.3 is 30.9 Å². The van der Waals surface area contributed by atoms with E-state index in [2.05, 4.69) is 4.98 Å². The van der Waals surface area contributed by atoms with Gasteiger partial charge in [0.25, 0.3) is 0 Å². The first kappa shape index (κ1) is 13.2. The molecule has 1 heterocycles. The van der Waals surface area contributed by atoms with Gasteiger partial charge in [0.05, 0.1) is 12.6 Å². The van der Waals surface area contributed by atoms with Gasteiger partial charge in [0, 0.05) is 17.6 Å². The molecule has 1 saturated carbocycles. The molecule has 3 rings (SSSR count). The summed E-state index contributed by atoms with van der Waals surface area (Å²) in [7, 11) is 1.43. The SMILES string of the molecule is COc1cc(C2(N)C(O)(O)C2(O)O)c2cccnc2c1. The molecule has 0 unspecified atom stereocenters. The number of hydrogen-bond donors (Lipinski definition) is 5. The topological polar surface area (TPSA) is 129 Å². The fourth-order valence-corrected chi connectivity index (χ4v) is 2.50. The first-order chi connectivity index (χ1) is 9.27. The zero-order valence-electron chi connectivity index (χ0n) is 10.6. The van der Waals surface area contributed by atoms with Crippen molar-refractivity contribution in [1.29, 1.82) is 0 Å². The van der Waals surface area contributed by atoms with Gasteiger partial charge in [-0.3, -0.25) is 4.98 Å². The molecule has 0 bridgehead atoms. The Morgan fingerprint density at radius 3 is 2.35 bits per heavy atom. The zero-order valence-corrected chi connectivity index (χ0v) is 10.6. The van der Waals surface area contributed by atoms with Crippen molar-refractivity contribution in [2.75, 3.05) is 7.11 Å². The van der Waals surface area contributed by atoms with E-state index < -0.39 is 17.1 Å². The molecule has 0 spiro atoms. The van der Waals surface area contributed by atoms with Crippen molar-refractivity contribution in [3.8, 4) is 5.75 Å². The fourth-order valence-electron chi connectivity index (χ4n) is 2.50. The molecule has 0 aliphatic heterocycles. The number of ether oxygens (including phenoxy) is 1. The molecule has 0 atom stereocenters. The van der Waals surface area contributed by atoms with Crippen LogP contribution in [0.4, 0.5) is 0 Å². The average molecular weight is 278 g/mol. The highest BCUT2D eigenvalue weighted by molar-refractivity contribution is 5.86. The molecule has 1 fully saturated rings. The Morgan fingerprint density at radius 2 is 1.80 bits per heavy atom. The number of nitrogens with zero attached hydrogens (tertiary/aromatic N) is 1. The first-order valence-corrected chi connectivity index (χ1v) is 5.89. The molecule has 7 heteroatoms. The van der Waals surface area contributed by atoms with Crippen LogP contribution in [0.2, 0.25) is 0 Å². The van der Waals surface area contributed by atoms with Gasteiger partial charge in [-0.2, -0.15) is 0 Å². The molecule has 0 radical (unpaired) electrons. The van der Waals surface area contributed by atoms with Crippen molar-refractivity contribution < 1.29 is 25.2 Å². The third-order valence-electron chi connectivity index (χ3n) is 3.88. The van der Waals surface area contributed by atoms with Crippen molar-refractivity contribution in [2.24, 2.45) is 5.73 Å². The summed E-state index contributed by atoms with van der Waals surface area (Å²) in [5, 5.41) is 39.4. The number of hydrogen-bond acceptors (Lipinski definition) is 7. The van der Waals surface area contributed by atoms with E-state index >= 15 is 0 Å². The Labute approximate surface area is 113 Å². The van der Waals surface area contributed by atoms with Crippen LogP contribution >= 0.6 is 0 Å². The van der Waals surface area contributed by atoms with E-state index in [9.17, 15) is 20.4 Å². The number of rotatable bonds is 2. The van der Waals surface area contributed by atoms with Gasteiger partial charge in [-0.05, 0) is 17.7 Å². The molecule has 7 nitrogen and oxygen atoms in total. The summed E-state index contributed by atoms with van der Waals surface area (Å²) < 4.78 is 5.10. The molecule has 0 amide bonds. The molecule has 1 aliphatic rings. The standard InChI is InChI=1S/C13H14N2O5/c1-20-7-5-9(8-3-2-4-15-10(8)6-7)11(14)12(16,17)13(11,18)19/h2-6,16-19H,14H2,1H3. The minimum absolute atomic E-state index is 0.134. The maximum Gasteiger partial charge on any atom is 0.249 e. The van der Waals surface area contributed by atoms with Crippen LogP contribution in [0.15, 0.2) is 30.5 Å². The third-order valence-corrected chi connectivity index (χ3v) is 3.88. The highest BCUT2D eigenvalue weighted by Gasteiger charge is 2.88. The van der Waals surface area contributed by atoms with Crippen LogP contribution in [-0.2, 0) is 5.54 Å². The number of methoxy groups -OCH3 is 1. The van der Waals surface area contributed by atoms with Gasteiger partial charge in [0.15, 0.2) is 5.54 Å². The van der Waals surface area contributed by atoms with Gasteiger partial charge in [0.2, 0.25) is 11.6 Å². The number of benzene rings is 1. The number of pyridine rings is 1. The summed E-state index contributed by atoms with van der Waals surface area (Å²) in [6.07, 6.45) is 1.55. The second-order valence-corrected chi connectivity index (χ2v) is 4.90. The molecular formula is C13H14N2O5. The molecule has 1 aromatic heterocycles. The highest BCUT2D eigenvalue weighted by Crippen LogP contribution is 2.60. The number of fused-ring (bicyclic) bond motifs is 1. The number of aromatic nitrogens is 1. The largest absolute Gasteiger partial charge is 0.497 e. The van der Waals surface area contributed by atoms with Crippen molar-refractivity contribution in [1.82, 2.24) is 4.98 Å². The van der Waals surface area contributed by atoms with Crippen molar-refractivity contribution >= 4 is 10.9 Å². The van der Waals surface area contributed by atoms with E-state index in [4.69, 9.17) is 10.5 Å². The van der Waals surface area contributed by atoms with Crippen LogP contribution in [0.25, 0.3) is 10.9 Å². The first-order valence-electron chi connectivity index (χ1n) is 5.89. The van der Waals surface area contributed by atoms with E-state index in [0.717, 1.165) is 0 Å². The van der Waals surface area contributed by atoms with Crippen LogP contribution < -0.4 is 10.5 Å². The van der Waals surface area contributed by atoms with E-state index in [1.807, 2.05) is 0 Å². The van der Waals surface area contributed by atoms with Crippen LogP contribution in [0.3, 0.4) is 0 Å². The van der Waals surface area contributed by atoms with Crippen molar-refractivity contribution in [3.05, 3.63) is 36.0 Å². The quantitative estimate of drug-likeness (QED) is 0.435. The summed E-state index contributed by atoms with van der Waals surface area (Å²) in [6.45, 7) is 0. The molecule has 2 aromatic rings. The summed E-state index contributed by atoms with van der Waals surface area (Å²) in [6, 6.07) is 6.35. The normalized spacial score (nSPS) is 21.7.